The Hall–Kier alpha value is -0.260. The molecule has 0 amide bonds. The van der Waals surface area contributed by atoms with Gasteiger partial charge in [0.1, 0.15) is 0 Å². The lowest BCUT2D eigenvalue weighted by molar-refractivity contribution is 0.217. The molecule has 0 heterocycles. The zero-order valence-corrected chi connectivity index (χ0v) is 20.8. The molecule has 0 radical (unpaired) electrons. The van der Waals surface area contributed by atoms with Crippen molar-refractivity contribution in [3.63, 3.8) is 0 Å². The van der Waals surface area contributed by atoms with Crippen LogP contribution in [0.1, 0.15) is 0 Å². The molecular weight excluding hydrogens is 588 g/mol. The van der Waals surface area contributed by atoms with Gasteiger partial charge in [-0.25, -0.2) is 16.8 Å². The highest BCUT2D eigenvalue weighted by molar-refractivity contribution is 9.10. The van der Waals surface area contributed by atoms with Crippen LogP contribution >= 0.6 is 47.8 Å². The summed E-state index contributed by atoms with van der Waals surface area (Å²) in [6, 6.07) is 13.2. The lowest BCUT2D eigenvalue weighted by Gasteiger charge is -2.03. The summed E-state index contributed by atoms with van der Waals surface area (Å²) in [6.07, 6.45) is 0. The van der Waals surface area contributed by atoms with Crippen LogP contribution in [0.25, 0.3) is 0 Å². The quantitative estimate of drug-likeness (QED) is 0.434. The zero-order valence-electron chi connectivity index (χ0n) is 14.4. The number of ether oxygens (including phenoxy) is 1. The molecule has 2 rings (SSSR count). The SMILES string of the molecule is COCCS(=O)(=O)c1ccc(Br)cc1.O=S(=O)(CCBr)c1ccc(Br)cc1. The van der Waals surface area contributed by atoms with Crippen molar-refractivity contribution in [2.45, 2.75) is 9.79 Å². The fourth-order valence-electron chi connectivity index (χ4n) is 1.81. The summed E-state index contributed by atoms with van der Waals surface area (Å²) in [5.41, 5.74) is 0. The number of halogens is 3. The summed E-state index contributed by atoms with van der Waals surface area (Å²) in [4.78, 5) is 0.702. The van der Waals surface area contributed by atoms with Crippen LogP contribution in [0.5, 0.6) is 0 Å². The van der Waals surface area contributed by atoms with Gasteiger partial charge in [-0.15, -0.1) is 0 Å². The summed E-state index contributed by atoms with van der Waals surface area (Å²) >= 11 is 9.60. The van der Waals surface area contributed by atoms with E-state index in [4.69, 9.17) is 4.74 Å². The molecule has 27 heavy (non-hydrogen) atoms. The van der Waals surface area contributed by atoms with Crippen molar-refractivity contribution in [2.24, 2.45) is 0 Å². The van der Waals surface area contributed by atoms with Crippen LogP contribution in [-0.4, -0.2) is 47.4 Å². The Kier molecular flexibility index (Phi) is 10.7. The van der Waals surface area contributed by atoms with Crippen molar-refractivity contribution in [3.8, 4) is 0 Å². The second kappa shape index (κ2) is 11.7. The third kappa shape index (κ3) is 8.74. The molecule has 0 aliphatic rings. The molecule has 10 heteroatoms. The van der Waals surface area contributed by atoms with Crippen molar-refractivity contribution >= 4 is 67.5 Å². The average molecular weight is 607 g/mol. The van der Waals surface area contributed by atoms with Gasteiger partial charge in [0.15, 0.2) is 19.7 Å². The van der Waals surface area contributed by atoms with Crippen molar-refractivity contribution in [1.29, 1.82) is 0 Å². The predicted molar refractivity (Wildman–Crippen MR) is 118 cm³/mol. The van der Waals surface area contributed by atoms with E-state index in [-0.39, 0.29) is 18.1 Å². The van der Waals surface area contributed by atoms with E-state index in [9.17, 15) is 16.8 Å². The number of methoxy groups -OCH3 is 1. The summed E-state index contributed by atoms with van der Waals surface area (Å²) in [6.45, 7) is 0.221. The van der Waals surface area contributed by atoms with Gasteiger partial charge in [0.25, 0.3) is 0 Å². The first kappa shape index (κ1) is 24.8. The van der Waals surface area contributed by atoms with Gasteiger partial charge in [-0.2, -0.15) is 0 Å². The van der Waals surface area contributed by atoms with Crippen LogP contribution < -0.4 is 0 Å². The molecule has 150 valence electrons. The number of rotatable bonds is 7. The first-order valence-corrected chi connectivity index (χ1v) is 13.6. The number of benzene rings is 2. The highest BCUT2D eigenvalue weighted by atomic mass is 79.9. The molecule has 0 bridgehead atoms. The predicted octanol–water partition coefficient (Wildman–Crippen LogP) is 4.49. The second-order valence-corrected chi connectivity index (χ2v) is 12.1. The third-order valence-electron chi connectivity index (χ3n) is 3.25. The maximum atomic E-state index is 11.6. The fourth-order valence-corrected chi connectivity index (χ4v) is 5.78. The lowest BCUT2D eigenvalue weighted by atomic mass is 10.4. The lowest BCUT2D eigenvalue weighted by Crippen LogP contribution is -2.11. The van der Waals surface area contributed by atoms with Gasteiger partial charge in [0.05, 0.1) is 27.9 Å². The third-order valence-corrected chi connectivity index (χ3v) is 8.65. The Morgan fingerprint density at radius 2 is 1.11 bits per heavy atom. The minimum absolute atomic E-state index is 0.0190. The normalized spacial score (nSPS) is 11.6. The van der Waals surface area contributed by atoms with E-state index in [2.05, 4.69) is 47.8 Å². The Morgan fingerprint density at radius 1 is 0.741 bits per heavy atom. The molecule has 0 aromatic heterocycles. The maximum Gasteiger partial charge on any atom is 0.180 e. The topological polar surface area (TPSA) is 77.5 Å². The van der Waals surface area contributed by atoms with Crippen LogP contribution in [0.15, 0.2) is 67.3 Å². The molecule has 0 spiro atoms. The zero-order chi connectivity index (χ0) is 20.5. The number of alkyl halides is 1. The van der Waals surface area contributed by atoms with Gasteiger partial charge in [-0.3, -0.25) is 0 Å². The smallest absolute Gasteiger partial charge is 0.180 e. The van der Waals surface area contributed by atoms with Crippen LogP contribution in [0, 0.1) is 0 Å². The van der Waals surface area contributed by atoms with Crippen LogP contribution in [0.2, 0.25) is 0 Å². The first-order chi connectivity index (χ1) is 12.6. The molecule has 0 fully saturated rings. The standard InChI is InChI=1S/C9H11BrO3S.C8H8Br2O2S/c1-13-6-7-14(11,12)9-4-2-8(10)3-5-9;9-5-6-13(11,12)8-3-1-7(10)2-4-8/h2-5H,6-7H2,1H3;1-4H,5-6H2. The molecule has 0 atom stereocenters. The Bertz CT molecular complexity index is 910. The van der Waals surface area contributed by atoms with Crippen molar-refractivity contribution in [2.75, 3.05) is 30.6 Å². The monoisotopic (exact) mass is 604 g/mol. The minimum Gasteiger partial charge on any atom is -0.384 e. The Labute approximate surface area is 185 Å². The number of hydrogen-bond acceptors (Lipinski definition) is 5. The summed E-state index contributed by atoms with van der Waals surface area (Å²) in [5.74, 6) is 0.153. The van der Waals surface area contributed by atoms with Gasteiger partial charge >= 0.3 is 0 Å². The van der Waals surface area contributed by atoms with E-state index >= 15 is 0 Å². The molecule has 0 unspecified atom stereocenters. The van der Waals surface area contributed by atoms with Gasteiger partial charge < -0.3 is 4.74 Å². The molecule has 0 saturated heterocycles. The van der Waals surface area contributed by atoms with Gasteiger partial charge in [0, 0.05) is 21.4 Å². The van der Waals surface area contributed by atoms with Gasteiger partial charge in [-0.1, -0.05) is 47.8 Å². The van der Waals surface area contributed by atoms with E-state index in [1.54, 1.807) is 48.5 Å². The van der Waals surface area contributed by atoms with E-state index in [0.717, 1.165) is 8.95 Å². The maximum absolute atomic E-state index is 11.6. The van der Waals surface area contributed by atoms with Crippen LogP contribution in [0.3, 0.4) is 0 Å². The highest BCUT2D eigenvalue weighted by Gasteiger charge is 2.13. The number of hydrogen-bond donors (Lipinski definition) is 0. The van der Waals surface area contributed by atoms with Crippen molar-refractivity contribution in [1.82, 2.24) is 0 Å². The molecular formula is C17H19Br3O5S2. The molecule has 2 aromatic carbocycles. The molecule has 2 aromatic rings. The van der Waals surface area contributed by atoms with E-state index in [0.29, 0.717) is 15.1 Å². The molecule has 0 saturated carbocycles. The summed E-state index contributed by atoms with van der Waals surface area (Å²) < 4.78 is 52.7. The van der Waals surface area contributed by atoms with Gasteiger partial charge in [0.2, 0.25) is 0 Å². The largest absolute Gasteiger partial charge is 0.384 e. The summed E-state index contributed by atoms with van der Waals surface area (Å²) in [5, 5.41) is 0.464. The average Bonchev–Trinajstić information content (AvgIpc) is 2.61. The molecule has 5 nitrogen and oxygen atoms in total. The van der Waals surface area contributed by atoms with Gasteiger partial charge in [-0.05, 0) is 48.5 Å². The van der Waals surface area contributed by atoms with Crippen LogP contribution in [0.4, 0.5) is 0 Å². The van der Waals surface area contributed by atoms with E-state index in [1.807, 2.05) is 0 Å². The molecule has 0 N–H and O–H groups in total. The number of sulfone groups is 2. The van der Waals surface area contributed by atoms with Crippen LogP contribution in [-0.2, 0) is 24.4 Å². The highest BCUT2D eigenvalue weighted by Crippen LogP contribution is 2.16. The van der Waals surface area contributed by atoms with Crippen molar-refractivity contribution < 1.29 is 21.6 Å². The Morgan fingerprint density at radius 3 is 1.44 bits per heavy atom. The Balaban J connectivity index is 0.000000271. The van der Waals surface area contributed by atoms with E-state index in [1.165, 1.54) is 7.11 Å². The molecule has 0 aliphatic heterocycles. The second-order valence-electron chi connectivity index (χ2n) is 5.23. The molecule has 0 aliphatic carbocycles. The minimum atomic E-state index is -3.19. The van der Waals surface area contributed by atoms with Crippen molar-refractivity contribution in [3.05, 3.63) is 57.5 Å². The fraction of sp³-hybridized carbons (Fsp3) is 0.294. The summed E-state index contributed by atoms with van der Waals surface area (Å²) in [7, 11) is -4.80. The van der Waals surface area contributed by atoms with E-state index < -0.39 is 19.7 Å². The first-order valence-electron chi connectivity index (χ1n) is 7.64.